The number of aliphatic carboxylic acids is 1. The molecule has 1 amide bonds. The van der Waals surface area contributed by atoms with Gasteiger partial charge >= 0.3 is 5.97 Å². The average Bonchev–Trinajstić information content (AvgIpc) is 3.58. The number of rotatable bonds is 10. The minimum Gasteiger partial charge on any atom is -0.494 e. The molecule has 0 radical (unpaired) electrons. The minimum atomic E-state index is -0.957. The molecule has 3 atom stereocenters. The van der Waals surface area contributed by atoms with Crippen molar-refractivity contribution >= 4 is 17.6 Å². The molecule has 3 aromatic carbocycles. The Balaban J connectivity index is 1.49. The van der Waals surface area contributed by atoms with Gasteiger partial charge in [-0.1, -0.05) is 38.1 Å². The van der Waals surface area contributed by atoms with Gasteiger partial charge in [-0.3, -0.25) is 14.5 Å². The van der Waals surface area contributed by atoms with E-state index in [1.807, 2.05) is 62.1 Å². The lowest BCUT2D eigenvalue weighted by atomic mass is 9.82. The van der Waals surface area contributed by atoms with Gasteiger partial charge in [-0.2, -0.15) is 0 Å². The fourth-order valence-electron chi connectivity index (χ4n) is 6.03. The van der Waals surface area contributed by atoms with Crippen LogP contribution in [0.2, 0.25) is 0 Å². The second kappa shape index (κ2) is 12.2. The third kappa shape index (κ3) is 5.72. The molecule has 2 aliphatic heterocycles. The van der Waals surface area contributed by atoms with Crippen LogP contribution in [0.4, 0.5) is 10.1 Å². The summed E-state index contributed by atoms with van der Waals surface area (Å²) in [5, 5.41) is 13.5. The molecule has 1 unspecified atom stereocenters. The second-order valence-corrected chi connectivity index (χ2v) is 10.3. The van der Waals surface area contributed by atoms with Crippen molar-refractivity contribution in [2.24, 2.45) is 5.92 Å². The SMILES string of the molecule is CCOc1ccc([C@H]2C(C(=O)O)[C@@H](c3ccc4c(c3)OCO4)CN2CC(=O)Nc2c(CC)ccc(F)c2CC)cc1. The van der Waals surface area contributed by atoms with Crippen molar-refractivity contribution in [3.05, 3.63) is 82.7 Å². The molecule has 0 aromatic heterocycles. The Bertz CT molecular complexity index is 1430. The third-order valence-corrected chi connectivity index (χ3v) is 7.93. The van der Waals surface area contributed by atoms with Crippen molar-refractivity contribution in [1.82, 2.24) is 4.90 Å². The van der Waals surface area contributed by atoms with Crippen LogP contribution in [-0.4, -0.2) is 48.4 Å². The number of anilines is 1. The first-order chi connectivity index (χ1) is 19.8. The van der Waals surface area contributed by atoms with Gasteiger partial charge in [-0.25, -0.2) is 4.39 Å². The third-order valence-electron chi connectivity index (χ3n) is 7.93. The van der Waals surface area contributed by atoms with Crippen molar-refractivity contribution < 1.29 is 33.3 Å². The molecule has 8 nitrogen and oxygen atoms in total. The highest BCUT2D eigenvalue weighted by Crippen LogP contribution is 2.47. The number of hydrogen-bond acceptors (Lipinski definition) is 6. The normalized spacial score (nSPS) is 19.8. The standard InChI is InChI=1S/C32H35FN2O6/c1-4-19-9-13-25(33)23(5-2)30(19)34-28(36)17-35-16-24(21-10-14-26-27(15-21)41-18-40-26)29(32(37)38)31(35)20-7-11-22(12-8-20)39-6-3/h7-15,24,29,31H,4-6,16-18H2,1-3H3,(H,34,36)(H,37,38)/t24-,29?,31+/m1/s1. The maximum atomic E-state index is 14.6. The Hall–Kier alpha value is -4.11. The van der Waals surface area contributed by atoms with Crippen LogP contribution < -0.4 is 19.5 Å². The number of hydrogen-bond donors (Lipinski definition) is 2. The molecule has 5 rings (SSSR count). The number of likely N-dealkylation sites (tertiary alicyclic amines) is 1. The van der Waals surface area contributed by atoms with Gasteiger partial charge in [0, 0.05) is 24.1 Å². The summed E-state index contributed by atoms with van der Waals surface area (Å²) < 4.78 is 31.2. The van der Waals surface area contributed by atoms with E-state index in [0.717, 1.165) is 16.7 Å². The summed E-state index contributed by atoms with van der Waals surface area (Å²) in [5.74, 6) is -1.03. The molecule has 2 N–H and O–H groups in total. The van der Waals surface area contributed by atoms with E-state index in [1.54, 1.807) is 12.1 Å². The Kier molecular flexibility index (Phi) is 8.44. The molecule has 1 fully saturated rings. The van der Waals surface area contributed by atoms with Gasteiger partial charge in [0.15, 0.2) is 11.5 Å². The Morgan fingerprint density at radius 2 is 1.73 bits per heavy atom. The maximum Gasteiger partial charge on any atom is 0.309 e. The number of benzene rings is 3. The molecule has 2 aliphatic rings. The van der Waals surface area contributed by atoms with Gasteiger partial charge in [0.25, 0.3) is 0 Å². The van der Waals surface area contributed by atoms with Gasteiger partial charge < -0.3 is 24.6 Å². The van der Waals surface area contributed by atoms with E-state index < -0.39 is 23.8 Å². The molecule has 0 saturated carbocycles. The van der Waals surface area contributed by atoms with E-state index in [2.05, 4.69) is 5.32 Å². The van der Waals surface area contributed by atoms with Crippen LogP contribution in [-0.2, 0) is 22.4 Å². The fourth-order valence-corrected chi connectivity index (χ4v) is 6.03. The quantitative estimate of drug-likeness (QED) is 0.334. The number of carbonyl (C=O) groups is 2. The first kappa shape index (κ1) is 28.4. The molecule has 9 heteroatoms. The number of halogens is 1. The lowest BCUT2D eigenvalue weighted by Gasteiger charge is -2.27. The maximum absolute atomic E-state index is 14.6. The number of nitrogens with zero attached hydrogens (tertiary/aromatic N) is 1. The summed E-state index contributed by atoms with van der Waals surface area (Å²) in [6.45, 7) is 6.60. The van der Waals surface area contributed by atoms with Crippen molar-refractivity contribution in [1.29, 1.82) is 0 Å². The zero-order valence-electron chi connectivity index (χ0n) is 23.5. The van der Waals surface area contributed by atoms with Crippen molar-refractivity contribution in [3.8, 4) is 17.2 Å². The highest BCUT2D eigenvalue weighted by atomic mass is 19.1. The zero-order valence-corrected chi connectivity index (χ0v) is 23.5. The van der Waals surface area contributed by atoms with E-state index in [1.165, 1.54) is 6.07 Å². The molecule has 1 saturated heterocycles. The summed E-state index contributed by atoms with van der Waals surface area (Å²) >= 11 is 0. The average molecular weight is 563 g/mol. The topological polar surface area (TPSA) is 97.3 Å². The number of carbonyl (C=O) groups excluding carboxylic acids is 1. The Labute approximate surface area is 239 Å². The molecular weight excluding hydrogens is 527 g/mol. The highest BCUT2D eigenvalue weighted by Gasteiger charge is 2.48. The van der Waals surface area contributed by atoms with E-state index in [4.69, 9.17) is 14.2 Å². The lowest BCUT2D eigenvalue weighted by molar-refractivity contribution is -0.143. The smallest absolute Gasteiger partial charge is 0.309 e. The molecule has 0 spiro atoms. The van der Waals surface area contributed by atoms with Gasteiger partial charge in [0.2, 0.25) is 12.7 Å². The minimum absolute atomic E-state index is 0.0640. The highest BCUT2D eigenvalue weighted by molar-refractivity contribution is 5.94. The van der Waals surface area contributed by atoms with Crippen LogP contribution in [0.25, 0.3) is 0 Å². The molecular formula is C32H35FN2O6. The number of fused-ring (bicyclic) bond motifs is 1. The first-order valence-corrected chi connectivity index (χ1v) is 14.0. The van der Waals surface area contributed by atoms with Crippen molar-refractivity contribution in [3.63, 3.8) is 0 Å². The predicted molar refractivity (Wildman–Crippen MR) is 152 cm³/mol. The van der Waals surface area contributed by atoms with Crippen LogP contribution >= 0.6 is 0 Å². The number of carboxylic acids is 1. The second-order valence-electron chi connectivity index (χ2n) is 10.3. The summed E-state index contributed by atoms with van der Waals surface area (Å²) in [6, 6.07) is 15.4. The molecule has 216 valence electrons. The largest absolute Gasteiger partial charge is 0.494 e. The number of nitrogens with one attached hydrogen (secondary N) is 1. The molecule has 41 heavy (non-hydrogen) atoms. The van der Waals surface area contributed by atoms with Crippen molar-refractivity contribution in [2.45, 2.75) is 45.6 Å². The monoisotopic (exact) mass is 562 g/mol. The van der Waals surface area contributed by atoms with Crippen LogP contribution in [0.15, 0.2) is 54.6 Å². The van der Waals surface area contributed by atoms with E-state index in [9.17, 15) is 19.1 Å². The molecule has 3 aromatic rings. The fraction of sp³-hybridized carbons (Fsp3) is 0.375. The van der Waals surface area contributed by atoms with Crippen LogP contribution in [0, 0.1) is 11.7 Å². The van der Waals surface area contributed by atoms with Gasteiger partial charge in [-0.05, 0) is 66.8 Å². The summed E-state index contributed by atoms with van der Waals surface area (Å²) in [6.07, 6.45) is 1.07. The molecule has 0 aliphatic carbocycles. The number of ether oxygens (including phenoxy) is 3. The Morgan fingerprint density at radius 3 is 2.41 bits per heavy atom. The predicted octanol–water partition coefficient (Wildman–Crippen LogP) is 5.56. The van der Waals surface area contributed by atoms with Crippen molar-refractivity contribution in [2.75, 3.05) is 31.8 Å². The van der Waals surface area contributed by atoms with E-state index >= 15 is 0 Å². The van der Waals surface area contributed by atoms with Gasteiger partial charge in [0.1, 0.15) is 11.6 Å². The summed E-state index contributed by atoms with van der Waals surface area (Å²) in [5.41, 5.74) is 3.38. The zero-order chi connectivity index (χ0) is 29.1. The van der Waals surface area contributed by atoms with E-state index in [-0.39, 0.29) is 25.1 Å². The van der Waals surface area contributed by atoms with Gasteiger partial charge in [-0.15, -0.1) is 0 Å². The number of amides is 1. The van der Waals surface area contributed by atoms with Crippen LogP contribution in [0.3, 0.4) is 0 Å². The van der Waals surface area contributed by atoms with Crippen LogP contribution in [0.1, 0.15) is 55.0 Å². The summed E-state index contributed by atoms with van der Waals surface area (Å²) in [4.78, 5) is 28.3. The van der Waals surface area contributed by atoms with E-state index in [0.29, 0.717) is 54.5 Å². The van der Waals surface area contributed by atoms with Crippen LogP contribution in [0.5, 0.6) is 17.2 Å². The molecule has 0 bridgehead atoms. The number of carboxylic acid groups (broad SMARTS) is 1. The molecule has 2 heterocycles. The first-order valence-electron chi connectivity index (χ1n) is 14.0. The Morgan fingerprint density at radius 1 is 1.00 bits per heavy atom. The van der Waals surface area contributed by atoms with Gasteiger partial charge in [0.05, 0.1) is 24.8 Å². The summed E-state index contributed by atoms with van der Waals surface area (Å²) in [7, 11) is 0. The number of aryl methyl sites for hydroxylation is 1. The lowest BCUT2D eigenvalue weighted by Crippen LogP contribution is -2.35.